The molecule has 3 rings (SSSR count). The first-order valence-electron chi connectivity index (χ1n) is 9.00. The second-order valence-electron chi connectivity index (χ2n) is 6.53. The van der Waals surface area contributed by atoms with E-state index in [4.69, 9.17) is 11.6 Å². The van der Waals surface area contributed by atoms with E-state index in [2.05, 4.69) is 22.0 Å². The molecule has 0 atom stereocenters. The number of hydrogen-bond donors (Lipinski definition) is 0. The van der Waals surface area contributed by atoms with E-state index in [1.165, 1.54) is 6.92 Å². The predicted octanol–water partition coefficient (Wildman–Crippen LogP) is 4.50. The smallest absolute Gasteiger partial charge is 0.222 e. The van der Waals surface area contributed by atoms with Gasteiger partial charge >= 0.3 is 0 Å². The molecule has 0 fully saturated rings. The van der Waals surface area contributed by atoms with Crippen molar-refractivity contribution < 1.29 is 9.59 Å². The molecular weight excluding hydrogens is 364 g/mol. The summed E-state index contributed by atoms with van der Waals surface area (Å²) >= 11 is 5.75. The van der Waals surface area contributed by atoms with Crippen molar-refractivity contribution in [1.29, 1.82) is 0 Å². The van der Waals surface area contributed by atoms with Gasteiger partial charge in [0.05, 0.1) is 5.52 Å². The fourth-order valence-corrected chi connectivity index (χ4v) is 3.12. The minimum Gasteiger partial charge on any atom is -0.298 e. The van der Waals surface area contributed by atoms with Gasteiger partial charge in [0, 0.05) is 36.7 Å². The number of carbonyl (C=O) groups excluding carboxylic acids is 2. The lowest BCUT2D eigenvalue weighted by atomic mass is 10.0. The van der Waals surface area contributed by atoms with Gasteiger partial charge in [-0.2, -0.15) is 5.10 Å². The van der Waals surface area contributed by atoms with E-state index in [1.807, 2.05) is 18.2 Å². The third-order valence-corrected chi connectivity index (χ3v) is 4.62. The Morgan fingerprint density at radius 3 is 2.52 bits per heavy atom. The van der Waals surface area contributed by atoms with Crippen molar-refractivity contribution in [3.63, 3.8) is 0 Å². The van der Waals surface area contributed by atoms with Crippen LogP contribution in [-0.2, 0) is 11.3 Å². The molecule has 2 heterocycles. The molecule has 0 unspecified atom stereocenters. The SMILES string of the molecule is CCCCCC(=O)Cn1nc(C(C)=O)c2cc(-c3cnc(Cl)nc3)ccc21. The zero-order chi connectivity index (χ0) is 19.4. The van der Waals surface area contributed by atoms with Crippen molar-refractivity contribution in [1.82, 2.24) is 19.7 Å². The van der Waals surface area contributed by atoms with E-state index < -0.39 is 0 Å². The zero-order valence-electron chi connectivity index (χ0n) is 15.4. The Balaban J connectivity index is 1.96. The highest BCUT2D eigenvalue weighted by atomic mass is 35.5. The molecule has 0 radical (unpaired) electrons. The van der Waals surface area contributed by atoms with Crippen LogP contribution >= 0.6 is 11.6 Å². The van der Waals surface area contributed by atoms with E-state index in [0.29, 0.717) is 12.1 Å². The number of nitrogens with zero attached hydrogens (tertiary/aromatic N) is 4. The van der Waals surface area contributed by atoms with Gasteiger partial charge in [-0.05, 0) is 35.7 Å². The molecule has 7 heteroatoms. The quantitative estimate of drug-likeness (QED) is 0.324. The molecule has 2 aromatic heterocycles. The Kier molecular flexibility index (Phi) is 5.96. The molecule has 0 aliphatic rings. The summed E-state index contributed by atoms with van der Waals surface area (Å²) in [5.74, 6) is -0.0141. The fraction of sp³-hybridized carbons (Fsp3) is 0.350. The highest BCUT2D eigenvalue weighted by Gasteiger charge is 2.17. The molecule has 0 aliphatic carbocycles. The monoisotopic (exact) mass is 384 g/mol. The van der Waals surface area contributed by atoms with Gasteiger partial charge in [0.1, 0.15) is 12.2 Å². The normalized spacial score (nSPS) is 11.1. The van der Waals surface area contributed by atoms with Crippen LogP contribution in [0, 0.1) is 0 Å². The number of Topliss-reactive ketones (excluding diaryl/α,β-unsaturated/α-hetero) is 2. The van der Waals surface area contributed by atoms with Crippen LogP contribution in [0.1, 0.15) is 50.0 Å². The molecule has 0 bridgehead atoms. The second kappa shape index (κ2) is 8.39. The summed E-state index contributed by atoms with van der Waals surface area (Å²) < 4.78 is 1.63. The van der Waals surface area contributed by atoms with Crippen LogP contribution in [0.4, 0.5) is 0 Å². The first kappa shape index (κ1) is 19.2. The first-order valence-corrected chi connectivity index (χ1v) is 9.38. The Morgan fingerprint density at radius 2 is 1.85 bits per heavy atom. The van der Waals surface area contributed by atoms with Crippen LogP contribution < -0.4 is 0 Å². The second-order valence-corrected chi connectivity index (χ2v) is 6.87. The summed E-state index contributed by atoms with van der Waals surface area (Å²) in [4.78, 5) is 32.3. The number of carbonyl (C=O) groups is 2. The topological polar surface area (TPSA) is 77.7 Å². The molecule has 0 spiro atoms. The lowest BCUT2D eigenvalue weighted by molar-refractivity contribution is -0.119. The number of rotatable bonds is 8. The number of halogens is 1. The minimum absolute atomic E-state index is 0.123. The van der Waals surface area contributed by atoms with Crippen LogP contribution in [-0.4, -0.2) is 31.3 Å². The summed E-state index contributed by atoms with van der Waals surface area (Å²) in [5.41, 5.74) is 2.78. The van der Waals surface area contributed by atoms with Gasteiger partial charge in [0.2, 0.25) is 5.28 Å². The van der Waals surface area contributed by atoms with Crippen LogP contribution in [0.3, 0.4) is 0 Å². The molecule has 0 saturated carbocycles. The molecule has 0 amide bonds. The maximum atomic E-state index is 12.3. The fourth-order valence-electron chi connectivity index (χ4n) is 3.02. The average Bonchev–Trinajstić information content (AvgIpc) is 3.00. The van der Waals surface area contributed by atoms with Gasteiger partial charge in [-0.25, -0.2) is 9.97 Å². The minimum atomic E-state index is -0.137. The molecule has 3 aromatic rings. The molecule has 0 aliphatic heterocycles. The number of fused-ring (bicyclic) bond motifs is 1. The maximum absolute atomic E-state index is 12.3. The van der Waals surface area contributed by atoms with Crippen molar-refractivity contribution in [2.75, 3.05) is 0 Å². The van der Waals surface area contributed by atoms with Crippen LogP contribution in [0.25, 0.3) is 22.0 Å². The first-order chi connectivity index (χ1) is 13.0. The van der Waals surface area contributed by atoms with Crippen molar-refractivity contribution >= 4 is 34.1 Å². The molecule has 27 heavy (non-hydrogen) atoms. The highest BCUT2D eigenvalue weighted by molar-refractivity contribution is 6.28. The van der Waals surface area contributed by atoms with Gasteiger partial charge in [-0.15, -0.1) is 0 Å². The number of hydrogen-bond acceptors (Lipinski definition) is 5. The summed E-state index contributed by atoms with van der Waals surface area (Å²) in [6.07, 6.45) is 6.79. The lowest BCUT2D eigenvalue weighted by Gasteiger charge is -2.04. The molecule has 0 saturated heterocycles. The van der Waals surface area contributed by atoms with Crippen molar-refractivity contribution in [2.24, 2.45) is 0 Å². The highest BCUT2D eigenvalue weighted by Crippen LogP contribution is 2.27. The third-order valence-electron chi connectivity index (χ3n) is 4.42. The van der Waals surface area contributed by atoms with Gasteiger partial charge in [0.15, 0.2) is 11.6 Å². The molecule has 1 aromatic carbocycles. The Labute approximate surface area is 162 Å². The van der Waals surface area contributed by atoms with Gasteiger partial charge in [0.25, 0.3) is 0 Å². The zero-order valence-corrected chi connectivity index (χ0v) is 16.2. The van der Waals surface area contributed by atoms with Gasteiger partial charge in [-0.3, -0.25) is 14.3 Å². The third kappa shape index (κ3) is 4.39. The standard InChI is InChI=1S/C20H21ClN4O2/c1-3-4-5-6-16(27)12-25-18-8-7-14(15-10-22-20(21)23-11-15)9-17(18)19(24-25)13(2)26/h7-11H,3-6,12H2,1-2H3. The molecule has 0 N–H and O–H groups in total. The Hall–Kier alpha value is -2.60. The lowest BCUT2D eigenvalue weighted by Crippen LogP contribution is -2.11. The van der Waals surface area contributed by atoms with Crippen LogP contribution in [0.2, 0.25) is 5.28 Å². The maximum Gasteiger partial charge on any atom is 0.222 e. The van der Waals surface area contributed by atoms with E-state index in [0.717, 1.165) is 41.3 Å². The number of benzene rings is 1. The van der Waals surface area contributed by atoms with E-state index >= 15 is 0 Å². The number of unbranched alkanes of at least 4 members (excludes halogenated alkanes) is 2. The van der Waals surface area contributed by atoms with Crippen molar-refractivity contribution in [3.05, 3.63) is 41.6 Å². The predicted molar refractivity (Wildman–Crippen MR) is 105 cm³/mol. The summed E-state index contributed by atoms with van der Waals surface area (Å²) in [6.45, 7) is 3.76. The number of aromatic nitrogens is 4. The largest absolute Gasteiger partial charge is 0.298 e. The molecular formula is C20H21ClN4O2. The van der Waals surface area contributed by atoms with E-state index in [9.17, 15) is 9.59 Å². The summed E-state index contributed by atoms with van der Waals surface area (Å²) in [6, 6.07) is 5.65. The van der Waals surface area contributed by atoms with E-state index in [1.54, 1.807) is 17.1 Å². The van der Waals surface area contributed by atoms with E-state index in [-0.39, 0.29) is 23.4 Å². The molecule has 6 nitrogen and oxygen atoms in total. The number of ketones is 2. The Morgan fingerprint density at radius 1 is 1.11 bits per heavy atom. The van der Waals surface area contributed by atoms with Crippen LogP contribution in [0.5, 0.6) is 0 Å². The summed E-state index contributed by atoms with van der Waals surface area (Å²) in [7, 11) is 0. The van der Waals surface area contributed by atoms with Crippen LogP contribution in [0.15, 0.2) is 30.6 Å². The Bertz CT molecular complexity index is 980. The van der Waals surface area contributed by atoms with Gasteiger partial charge in [-0.1, -0.05) is 25.8 Å². The molecule has 140 valence electrons. The average molecular weight is 385 g/mol. The van der Waals surface area contributed by atoms with Crippen molar-refractivity contribution in [2.45, 2.75) is 46.1 Å². The van der Waals surface area contributed by atoms with Gasteiger partial charge < -0.3 is 0 Å². The summed E-state index contributed by atoms with van der Waals surface area (Å²) in [5, 5.41) is 5.30. The van der Waals surface area contributed by atoms with Crippen molar-refractivity contribution in [3.8, 4) is 11.1 Å².